The lowest BCUT2D eigenvalue weighted by Gasteiger charge is -2.09. The molecular weight excluding hydrogens is 332 g/mol. The van der Waals surface area contributed by atoms with Gasteiger partial charge in [0.25, 0.3) is 0 Å². The van der Waals surface area contributed by atoms with Crippen LogP contribution >= 0.6 is 0 Å². The van der Waals surface area contributed by atoms with Gasteiger partial charge in [0, 0.05) is 12.6 Å². The van der Waals surface area contributed by atoms with E-state index >= 15 is 0 Å². The van der Waals surface area contributed by atoms with Crippen molar-refractivity contribution in [2.24, 2.45) is 0 Å². The van der Waals surface area contributed by atoms with E-state index in [-0.39, 0.29) is 0 Å². The molecule has 0 aliphatic rings. The zero-order chi connectivity index (χ0) is 18.4. The third-order valence-electron chi connectivity index (χ3n) is 3.72. The molecule has 0 spiro atoms. The number of hydrogen-bond donors (Lipinski definition) is 1. The standard InChI is InChI=1S/C18H22N6O2/c1-4-6-9-24-12-20-15-16(24)22-18(23-17(15)26-10-5-2)21-13-7-8-14(25-3)19-11-13/h5,7-8,11-12H,2,4,6,9-10H2,1,3H3,(H,21,22,23). The number of anilines is 2. The number of nitrogens with zero attached hydrogens (tertiary/aromatic N) is 5. The molecule has 3 heterocycles. The summed E-state index contributed by atoms with van der Waals surface area (Å²) in [6.45, 7) is 7.01. The van der Waals surface area contributed by atoms with Crippen molar-refractivity contribution >= 4 is 22.8 Å². The molecule has 0 atom stereocenters. The lowest BCUT2D eigenvalue weighted by atomic mass is 10.3. The second-order valence-corrected chi connectivity index (χ2v) is 5.63. The monoisotopic (exact) mass is 354 g/mol. The predicted octanol–water partition coefficient (Wildman–Crippen LogP) is 3.34. The average molecular weight is 354 g/mol. The van der Waals surface area contributed by atoms with Crippen LogP contribution in [0.3, 0.4) is 0 Å². The maximum atomic E-state index is 5.68. The van der Waals surface area contributed by atoms with E-state index in [1.165, 1.54) is 0 Å². The number of hydrogen-bond acceptors (Lipinski definition) is 7. The molecule has 0 aliphatic heterocycles. The van der Waals surface area contributed by atoms with Gasteiger partial charge in [-0.05, 0) is 12.5 Å². The maximum Gasteiger partial charge on any atom is 0.247 e. The number of imidazole rings is 1. The molecule has 0 unspecified atom stereocenters. The number of aromatic nitrogens is 5. The Hall–Kier alpha value is -3.16. The van der Waals surface area contributed by atoms with Crippen LogP contribution in [0.15, 0.2) is 37.3 Å². The van der Waals surface area contributed by atoms with Crippen LogP contribution in [0.2, 0.25) is 0 Å². The third-order valence-corrected chi connectivity index (χ3v) is 3.72. The number of fused-ring (bicyclic) bond motifs is 1. The Morgan fingerprint density at radius 1 is 1.27 bits per heavy atom. The van der Waals surface area contributed by atoms with E-state index < -0.39 is 0 Å². The van der Waals surface area contributed by atoms with Crippen LogP contribution in [0.4, 0.5) is 11.6 Å². The van der Waals surface area contributed by atoms with Gasteiger partial charge in [-0.1, -0.05) is 26.0 Å². The second-order valence-electron chi connectivity index (χ2n) is 5.63. The summed E-state index contributed by atoms with van der Waals surface area (Å²) in [4.78, 5) is 17.6. The summed E-state index contributed by atoms with van der Waals surface area (Å²) in [7, 11) is 1.58. The zero-order valence-electron chi connectivity index (χ0n) is 15.0. The Bertz CT molecular complexity index is 875. The molecule has 0 aliphatic carbocycles. The number of methoxy groups -OCH3 is 1. The van der Waals surface area contributed by atoms with Crippen molar-refractivity contribution in [3.8, 4) is 11.8 Å². The molecular formula is C18H22N6O2. The average Bonchev–Trinajstić information content (AvgIpc) is 3.08. The minimum absolute atomic E-state index is 0.345. The molecule has 0 saturated carbocycles. The van der Waals surface area contributed by atoms with Crippen molar-refractivity contribution < 1.29 is 9.47 Å². The van der Waals surface area contributed by atoms with Crippen molar-refractivity contribution in [1.82, 2.24) is 24.5 Å². The molecule has 3 aromatic heterocycles. The van der Waals surface area contributed by atoms with Gasteiger partial charge in [-0.3, -0.25) is 0 Å². The second kappa shape index (κ2) is 8.28. The minimum Gasteiger partial charge on any atom is -0.481 e. The van der Waals surface area contributed by atoms with E-state index in [9.17, 15) is 0 Å². The molecule has 0 saturated heterocycles. The van der Waals surface area contributed by atoms with Crippen LogP contribution in [-0.2, 0) is 6.54 Å². The van der Waals surface area contributed by atoms with Gasteiger partial charge in [0.05, 0.1) is 25.3 Å². The van der Waals surface area contributed by atoms with Crippen molar-refractivity contribution in [2.45, 2.75) is 26.3 Å². The summed E-state index contributed by atoms with van der Waals surface area (Å²) in [5.41, 5.74) is 2.12. The number of nitrogens with one attached hydrogen (secondary N) is 1. The van der Waals surface area contributed by atoms with Crippen LogP contribution in [0.25, 0.3) is 11.2 Å². The summed E-state index contributed by atoms with van der Waals surface area (Å²) in [5, 5.41) is 3.15. The fourth-order valence-electron chi connectivity index (χ4n) is 2.41. The van der Waals surface area contributed by atoms with Gasteiger partial charge < -0.3 is 19.4 Å². The first kappa shape index (κ1) is 17.7. The molecule has 1 N–H and O–H groups in total. The van der Waals surface area contributed by atoms with Crippen molar-refractivity contribution in [1.29, 1.82) is 0 Å². The topological polar surface area (TPSA) is 87.0 Å². The molecule has 0 bridgehead atoms. The van der Waals surface area contributed by atoms with Crippen LogP contribution in [0.5, 0.6) is 11.8 Å². The normalized spacial score (nSPS) is 10.7. The number of rotatable bonds is 9. The highest BCUT2D eigenvalue weighted by Gasteiger charge is 2.14. The van der Waals surface area contributed by atoms with Crippen molar-refractivity contribution in [3.05, 3.63) is 37.3 Å². The van der Waals surface area contributed by atoms with Crippen LogP contribution < -0.4 is 14.8 Å². The molecule has 0 radical (unpaired) electrons. The van der Waals surface area contributed by atoms with Gasteiger partial charge in [-0.25, -0.2) is 9.97 Å². The first-order valence-electron chi connectivity index (χ1n) is 8.48. The number of pyridine rings is 1. The molecule has 3 aromatic rings. The van der Waals surface area contributed by atoms with Gasteiger partial charge in [0.2, 0.25) is 17.7 Å². The van der Waals surface area contributed by atoms with Crippen LogP contribution in [0, 0.1) is 0 Å². The van der Waals surface area contributed by atoms with E-state index in [2.05, 4.69) is 38.8 Å². The zero-order valence-corrected chi connectivity index (χ0v) is 15.0. The fraction of sp³-hybridized carbons (Fsp3) is 0.333. The molecule has 3 rings (SSSR count). The Morgan fingerprint density at radius 2 is 2.15 bits per heavy atom. The van der Waals surface area contributed by atoms with Gasteiger partial charge >= 0.3 is 0 Å². The quantitative estimate of drug-likeness (QED) is 0.590. The SMILES string of the molecule is C=CCOc1nc(Nc2ccc(OC)nc2)nc2c1ncn2CCCC. The van der Waals surface area contributed by atoms with E-state index in [1.54, 1.807) is 31.8 Å². The Balaban J connectivity index is 1.95. The third kappa shape index (κ3) is 3.90. The Kier molecular flexibility index (Phi) is 5.62. The first-order valence-corrected chi connectivity index (χ1v) is 8.48. The van der Waals surface area contributed by atoms with Gasteiger partial charge in [-0.15, -0.1) is 0 Å². The van der Waals surface area contributed by atoms with E-state index in [4.69, 9.17) is 9.47 Å². The Morgan fingerprint density at radius 3 is 2.85 bits per heavy atom. The summed E-state index contributed by atoms with van der Waals surface area (Å²) in [6, 6.07) is 3.61. The van der Waals surface area contributed by atoms with Crippen molar-refractivity contribution in [2.75, 3.05) is 19.0 Å². The molecule has 26 heavy (non-hydrogen) atoms. The van der Waals surface area contributed by atoms with Gasteiger partial charge in [0.1, 0.15) is 6.61 Å². The summed E-state index contributed by atoms with van der Waals surface area (Å²) in [6.07, 6.45) is 7.23. The molecule has 0 fully saturated rings. The largest absolute Gasteiger partial charge is 0.481 e. The van der Waals surface area contributed by atoms with E-state index in [0.717, 1.165) is 30.7 Å². The molecule has 0 aromatic carbocycles. The number of unbranched alkanes of at least 4 members (excludes halogenated alkanes) is 1. The van der Waals surface area contributed by atoms with Gasteiger partial charge in [0.15, 0.2) is 11.2 Å². The fourth-order valence-corrected chi connectivity index (χ4v) is 2.41. The predicted molar refractivity (Wildman–Crippen MR) is 100.0 cm³/mol. The molecule has 8 nitrogen and oxygen atoms in total. The summed E-state index contributed by atoms with van der Waals surface area (Å²) >= 11 is 0. The smallest absolute Gasteiger partial charge is 0.247 e. The lowest BCUT2D eigenvalue weighted by molar-refractivity contribution is 0.353. The number of aryl methyl sites for hydroxylation is 1. The van der Waals surface area contributed by atoms with Crippen LogP contribution in [0.1, 0.15) is 19.8 Å². The minimum atomic E-state index is 0.345. The lowest BCUT2D eigenvalue weighted by Crippen LogP contribution is -2.05. The maximum absolute atomic E-state index is 5.68. The summed E-state index contributed by atoms with van der Waals surface area (Å²) < 4.78 is 12.8. The first-order chi connectivity index (χ1) is 12.7. The molecule has 136 valence electrons. The van der Waals surface area contributed by atoms with Crippen molar-refractivity contribution in [3.63, 3.8) is 0 Å². The van der Waals surface area contributed by atoms with Gasteiger partial charge in [-0.2, -0.15) is 9.97 Å². The summed E-state index contributed by atoms with van der Waals surface area (Å²) in [5.74, 6) is 1.38. The highest BCUT2D eigenvalue weighted by Crippen LogP contribution is 2.25. The number of ether oxygens (including phenoxy) is 2. The molecule has 8 heteroatoms. The Labute approximate surface area is 151 Å². The highest BCUT2D eigenvalue weighted by atomic mass is 16.5. The van der Waals surface area contributed by atoms with E-state index in [0.29, 0.717) is 29.8 Å². The van der Waals surface area contributed by atoms with Crippen LogP contribution in [-0.4, -0.2) is 38.2 Å². The molecule has 0 amide bonds. The highest BCUT2D eigenvalue weighted by molar-refractivity contribution is 5.78. The van der Waals surface area contributed by atoms with E-state index in [1.807, 2.05) is 10.6 Å².